The van der Waals surface area contributed by atoms with Crippen LogP contribution in [-0.2, 0) is 4.79 Å². The summed E-state index contributed by atoms with van der Waals surface area (Å²) in [5.74, 6) is 1.05. The number of nitrogens with zero attached hydrogens (tertiary/aromatic N) is 2. The van der Waals surface area contributed by atoms with E-state index < -0.39 is 0 Å². The normalized spacial score (nSPS) is 12.1. The number of benzene rings is 1. The molecule has 124 valence electrons. The van der Waals surface area contributed by atoms with Crippen LogP contribution < -0.4 is 15.8 Å². The summed E-state index contributed by atoms with van der Waals surface area (Å²) < 4.78 is 5.10. The van der Waals surface area contributed by atoms with Crippen LogP contribution in [0, 0.1) is 0 Å². The predicted octanol–water partition coefficient (Wildman–Crippen LogP) is 3.40. The van der Waals surface area contributed by atoms with Crippen LogP contribution in [0.25, 0.3) is 10.2 Å². The minimum absolute atomic E-state index is 0.126. The van der Waals surface area contributed by atoms with Crippen molar-refractivity contribution in [3.63, 3.8) is 0 Å². The lowest BCUT2D eigenvalue weighted by Crippen LogP contribution is -2.22. The highest BCUT2D eigenvalue weighted by molar-refractivity contribution is 8.00. The number of methoxy groups -OCH3 is 1. The Morgan fingerprint density at radius 3 is 2.75 bits per heavy atom. The Morgan fingerprint density at radius 1 is 1.29 bits per heavy atom. The van der Waals surface area contributed by atoms with Crippen LogP contribution in [0.4, 0.5) is 11.5 Å². The number of hydrogen-bond acceptors (Lipinski definition) is 7. The first-order chi connectivity index (χ1) is 11.6. The molecule has 3 N–H and O–H groups in total. The van der Waals surface area contributed by atoms with E-state index in [0.29, 0.717) is 16.7 Å². The van der Waals surface area contributed by atoms with Crippen molar-refractivity contribution < 1.29 is 9.53 Å². The van der Waals surface area contributed by atoms with E-state index in [2.05, 4.69) is 15.3 Å². The van der Waals surface area contributed by atoms with E-state index in [4.69, 9.17) is 10.5 Å². The van der Waals surface area contributed by atoms with Gasteiger partial charge in [-0.25, -0.2) is 9.97 Å². The minimum atomic E-state index is -0.357. The van der Waals surface area contributed by atoms with E-state index in [1.165, 1.54) is 23.1 Å². The first-order valence-electron chi connectivity index (χ1n) is 7.19. The lowest BCUT2D eigenvalue weighted by molar-refractivity contribution is -0.115. The number of thiophene rings is 1. The molecular weight excluding hydrogens is 344 g/mol. The number of aromatic nitrogens is 2. The Morgan fingerprint density at radius 2 is 2.04 bits per heavy atom. The molecule has 0 radical (unpaired) electrons. The molecule has 0 saturated heterocycles. The van der Waals surface area contributed by atoms with Crippen molar-refractivity contribution in [1.29, 1.82) is 0 Å². The number of hydrogen-bond donors (Lipinski definition) is 2. The predicted molar refractivity (Wildman–Crippen MR) is 98.8 cm³/mol. The quantitative estimate of drug-likeness (QED) is 0.535. The molecule has 6 nitrogen and oxygen atoms in total. The molecule has 0 aliphatic carbocycles. The van der Waals surface area contributed by atoms with Gasteiger partial charge in [0, 0.05) is 5.69 Å². The molecule has 1 aromatic carbocycles. The number of nitrogens with two attached hydrogens (primary N) is 1. The Balaban J connectivity index is 1.68. The number of thioether (sulfide) groups is 1. The van der Waals surface area contributed by atoms with Gasteiger partial charge in [-0.3, -0.25) is 4.79 Å². The second kappa shape index (κ2) is 7.06. The Hall–Kier alpha value is -2.32. The van der Waals surface area contributed by atoms with E-state index in [1.807, 2.05) is 18.4 Å². The van der Waals surface area contributed by atoms with Gasteiger partial charge in [0.1, 0.15) is 16.4 Å². The highest BCUT2D eigenvalue weighted by Crippen LogP contribution is 2.28. The van der Waals surface area contributed by atoms with Crippen molar-refractivity contribution in [2.75, 3.05) is 18.2 Å². The van der Waals surface area contributed by atoms with Crippen molar-refractivity contribution >= 4 is 50.7 Å². The molecule has 1 amide bonds. The summed E-state index contributed by atoms with van der Waals surface area (Å²) in [6.07, 6.45) is 0. The number of nitrogens with one attached hydrogen (secondary N) is 1. The molecule has 1 unspecified atom stereocenters. The fourth-order valence-corrected chi connectivity index (χ4v) is 3.65. The van der Waals surface area contributed by atoms with Crippen LogP contribution >= 0.6 is 23.1 Å². The molecule has 2 aromatic heterocycles. The first-order valence-corrected chi connectivity index (χ1v) is 8.95. The topological polar surface area (TPSA) is 90.1 Å². The highest BCUT2D eigenvalue weighted by Gasteiger charge is 2.17. The van der Waals surface area contributed by atoms with Crippen molar-refractivity contribution in [3.8, 4) is 5.75 Å². The molecular formula is C16H16N4O2S2. The number of ether oxygens (including phenoxy) is 1. The molecule has 2 heterocycles. The molecule has 8 heteroatoms. The highest BCUT2D eigenvalue weighted by atomic mass is 32.2. The Bertz CT molecular complexity index is 864. The van der Waals surface area contributed by atoms with Crippen molar-refractivity contribution in [2.45, 2.75) is 17.3 Å². The summed E-state index contributed by atoms with van der Waals surface area (Å²) in [5.41, 5.74) is 6.64. The standard InChI is InChI=1S/C16H16N4O2S2/c1-9(14(21)18-10-3-5-11(22-2)6-4-10)24-16-19-13(17)12-7-8-23-15(12)20-16/h3-9H,1-2H3,(H,18,21)(H2,17,19,20). The van der Waals surface area contributed by atoms with E-state index in [9.17, 15) is 4.79 Å². The second-order valence-electron chi connectivity index (χ2n) is 5.01. The van der Waals surface area contributed by atoms with Gasteiger partial charge >= 0.3 is 0 Å². The smallest absolute Gasteiger partial charge is 0.237 e. The van der Waals surface area contributed by atoms with Crippen LogP contribution in [0.2, 0.25) is 0 Å². The SMILES string of the molecule is COc1ccc(NC(=O)C(C)Sc2nc(N)c3ccsc3n2)cc1. The average molecular weight is 360 g/mol. The van der Waals surface area contributed by atoms with Gasteiger partial charge in [0.25, 0.3) is 0 Å². The number of anilines is 2. The molecule has 0 fully saturated rings. The maximum absolute atomic E-state index is 12.3. The van der Waals surface area contributed by atoms with Gasteiger partial charge in [-0.1, -0.05) is 11.8 Å². The number of carbonyl (C=O) groups excluding carboxylic acids is 1. The van der Waals surface area contributed by atoms with Crippen molar-refractivity contribution in [3.05, 3.63) is 35.7 Å². The average Bonchev–Trinajstić information content (AvgIpc) is 3.04. The number of rotatable bonds is 5. The van der Waals surface area contributed by atoms with E-state index in [1.54, 1.807) is 31.4 Å². The van der Waals surface area contributed by atoms with Gasteiger partial charge < -0.3 is 15.8 Å². The van der Waals surface area contributed by atoms with Gasteiger partial charge in [0.15, 0.2) is 5.16 Å². The number of fused-ring (bicyclic) bond motifs is 1. The first kappa shape index (κ1) is 16.5. The molecule has 3 aromatic rings. The fourth-order valence-electron chi connectivity index (χ4n) is 2.04. The van der Waals surface area contributed by atoms with Crippen LogP contribution in [0.1, 0.15) is 6.92 Å². The fraction of sp³-hybridized carbons (Fsp3) is 0.188. The molecule has 0 aliphatic rings. The minimum Gasteiger partial charge on any atom is -0.497 e. The zero-order valence-corrected chi connectivity index (χ0v) is 14.8. The zero-order valence-electron chi connectivity index (χ0n) is 13.1. The maximum atomic E-state index is 12.3. The summed E-state index contributed by atoms with van der Waals surface area (Å²) in [4.78, 5) is 21.9. The number of nitrogen functional groups attached to an aromatic ring is 1. The maximum Gasteiger partial charge on any atom is 0.237 e. The van der Waals surface area contributed by atoms with E-state index >= 15 is 0 Å². The van der Waals surface area contributed by atoms with Crippen LogP contribution in [-0.4, -0.2) is 28.2 Å². The van der Waals surface area contributed by atoms with Gasteiger partial charge in [-0.2, -0.15) is 0 Å². The Kier molecular flexibility index (Phi) is 4.86. The van der Waals surface area contributed by atoms with Gasteiger partial charge in [-0.15, -0.1) is 11.3 Å². The number of amides is 1. The summed E-state index contributed by atoms with van der Waals surface area (Å²) in [6, 6.07) is 9.06. The summed E-state index contributed by atoms with van der Waals surface area (Å²) >= 11 is 2.78. The number of carbonyl (C=O) groups is 1. The van der Waals surface area contributed by atoms with Crippen LogP contribution in [0.5, 0.6) is 5.75 Å². The largest absolute Gasteiger partial charge is 0.497 e. The summed E-state index contributed by atoms with van der Waals surface area (Å²) in [5, 5.41) is 5.77. The third-order valence-corrected chi connectivity index (χ3v) is 5.11. The van der Waals surface area contributed by atoms with Crippen molar-refractivity contribution in [2.24, 2.45) is 0 Å². The summed E-state index contributed by atoms with van der Waals surface area (Å²) in [6.45, 7) is 1.81. The summed E-state index contributed by atoms with van der Waals surface area (Å²) in [7, 11) is 1.60. The molecule has 3 rings (SSSR count). The lowest BCUT2D eigenvalue weighted by Gasteiger charge is -2.11. The second-order valence-corrected chi connectivity index (χ2v) is 7.21. The molecule has 0 aliphatic heterocycles. The Labute approximate surface area is 147 Å². The molecule has 24 heavy (non-hydrogen) atoms. The van der Waals surface area contributed by atoms with Gasteiger partial charge in [0.05, 0.1) is 17.7 Å². The third kappa shape index (κ3) is 3.60. The molecule has 0 saturated carbocycles. The lowest BCUT2D eigenvalue weighted by atomic mass is 10.3. The zero-order chi connectivity index (χ0) is 17.1. The van der Waals surface area contributed by atoms with Gasteiger partial charge in [-0.05, 0) is 42.6 Å². The molecule has 1 atom stereocenters. The third-order valence-electron chi connectivity index (χ3n) is 3.34. The van der Waals surface area contributed by atoms with Crippen LogP contribution in [0.3, 0.4) is 0 Å². The molecule has 0 spiro atoms. The van der Waals surface area contributed by atoms with Crippen molar-refractivity contribution in [1.82, 2.24) is 9.97 Å². The van der Waals surface area contributed by atoms with Crippen LogP contribution in [0.15, 0.2) is 40.9 Å². The van der Waals surface area contributed by atoms with Gasteiger partial charge in [0.2, 0.25) is 5.91 Å². The van der Waals surface area contributed by atoms with E-state index in [0.717, 1.165) is 16.0 Å². The monoisotopic (exact) mass is 360 g/mol. The van der Waals surface area contributed by atoms with E-state index in [-0.39, 0.29) is 11.2 Å². The molecule has 0 bridgehead atoms.